The second kappa shape index (κ2) is 7.97. The molecule has 1 aromatic rings. The van der Waals surface area contributed by atoms with E-state index in [0.717, 1.165) is 32.4 Å². The first-order valence-corrected chi connectivity index (χ1v) is 9.11. The summed E-state index contributed by atoms with van der Waals surface area (Å²) in [5, 5.41) is 5.99. The summed E-state index contributed by atoms with van der Waals surface area (Å²) in [5.41, 5.74) is 0. The Morgan fingerprint density at radius 3 is 2.59 bits per heavy atom. The van der Waals surface area contributed by atoms with Crippen molar-refractivity contribution in [2.24, 2.45) is 5.92 Å². The van der Waals surface area contributed by atoms with E-state index < -0.39 is 0 Å². The molecule has 2 heterocycles. The molecule has 0 aliphatic carbocycles. The van der Waals surface area contributed by atoms with Crippen molar-refractivity contribution >= 4 is 17.4 Å². The first-order chi connectivity index (χ1) is 10.5. The summed E-state index contributed by atoms with van der Waals surface area (Å²) in [7, 11) is 3.64. The maximum absolute atomic E-state index is 12.0. The van der Waals surface area contributed by atoms with Crippen LogP contribution in [-0.4, -0.2) is 49.1 Å². The van der Waals surface area contributed by atoms with E-state index in [9.17, 15) is 4.79 Å². The van der Waals surface area contributed by atoms with E-state index in [4.69, 9.17) is 0 Å². The van der Waals surface area contributed by atoms with Crippen LogP contribution >= 0.6 is 11.3 Å². The highest BCUT2D eigenvalue weighted by Gasteiger charge is 2.26. The molecule has 1 aliphatic heterocycles. The fourth-order valence-corrected chi connectivity index (χ4v) is 3.83. The third kappa shape index (κ3) is 4.71. The maximum atomic E-state index is 12.0. The normalized spacial score (nSPS) is 17.8. The number of hydrogen-bond donors (Lipinski definition) is 1. The van der Waals surface area contributed by atoms with Crippen molar-refractivity contribution in [1.82, 2.24) is 15.1 Å². The quantitative estimate of drug-likeness (QED) is 0.899. The number of carbonyl (C=O) groups is 1. The molecule has 2 rings (SSSR count). The summed E-state index contributed by atoms with van der Waals surface area (Å²) in [6.07, 6.45) is 3.25. The number of thiophene rings is 1. The van der Waals surface area contributed by atoms with Crippen molar-refractivity contribution in [3.8, 4) is 0 Å². The van der Waals surface area contributed by atoms with E-state index in [2.05, 4.69) is 36.7 Å². The van der Waals surface area contributed by atoms with Crippen LogP contribution in [0.25, 0.3) is 0 Å². The van der Waals surface area contributed by atoms with E-state index in [-0.39, 0.29) is 6.03 Å². The highest BCUT2D eigenvalue weighted by molar-refractivity contribution is 7.10. The van der Waals surface area contributed by atoms with Gasteiger partial charge in [-0.25, -0.2) is 4.79 Å². The van der Waals surface area contributed by atoms with Crippen LogP contribution in [-0.2, 0) is 0 Å². The van der Waals surface area contributed by atoms with E-state index in [1.165, 1.54) is 4.88 Å². The van der Waals surface area contributed by atoms with Crippen LogP contribution < -0.4 is 5.32 Å². The van der Waals surface area contributed by atoms with Gasteiger partial charge in [-0.15, -0.1) is 11.3 Å². The van der Waals surface area contributed by atoms with Gasteiger partial charge in [0.25, 0.3) is 0 Å². The average molecular weight is 324 g/mol. The predicted molar refractivity (Wildman–Crippen MR) is 93.3 cm³/mol. The van der Waals surface area contributed by atoms with E-state index in [1.54, 1.807) is 4.90 Å². The van der Waals surface area contributed by atoms with Crippen LogP contribution in [0.5, 0.6) is 0 Å². The first kappa shape index (κ1) is 17.3. The smallest absolute Gasteiger partial charge is 0.319 e. The molecule has 1 atom stereocenters. The number of urea groups is 1. The lowest BCUT2D eigenvalue weighted by atomic mass is 9.98. The lowest BCUT2D eigenvalue weighted by molar-refractivity contribution is 0.150. The molecule has 0 unspecified atom stereocenters. The fourth-order valence-electron chi connectivity index (χ4n) is 3.03. The summed E-state index contributed by atoms with van der Waals surface area (Å²) in [5.74, 6) is 0.676. The molecular formula is C17H29N3OS. The van der Waals surface area contributed by atoms with Crippen molar-refractivity contribution in [2.45, 2.75) is 45.2 Å². The molecule has 0 spiro atoms. The molecule has 0 aromatic carbocycles. The molecule has 0 radical (unpaired) electrons. The monoisotopic (exact) mass is 323 g/mol. The minimum atomic E-state index is 0.135. The number of hydrogen-bond acceptors (Lipinski definition) is 3. The van der Waals surface area contributed by atoms with Gasteiger partial charge in [-0.1, -0.05) is 19.9 Å². The van der Waals surface area contributed by atoms with E-state index >= 15 is 0 Å². The van der Waals surface area contributed by atoms with Gasteiger partial charge in [0.2, 0.25) is 0 Å². The summed E-state index contributed by atoms with van der Waals surface area (Å²) in [6, 6.07) is 5.46. The molecule has 1 N–H and O–H groups in total. The standard InChI is InChI=1S/C17H29N3OS/c1-13(2)12-15(16-6-5-11-22-16)18-14-7-9-20(10-8-14)17(21)19(3)4/h5-6,11,13-15,18H,7-10,12H2,1-4H3/t15-/m0/s1. The largest absolute Gasteiger partial charge is 0.331 e. The van der Waals surface area contributed by atoms with Crippen molar-refractivity contribution in [1.29, 1.82) is 0 Å². The van der Waals surface area contributed by atoms with Gasteiger partial charge < -0.3 is 15.1 Å². The molecule has 4 nitrogen and oxygen atoms in total. The topological polar surface area (TPSA) is 35.6 Å². The Morgan fingerprint density at radius 2 is 2.09 bits per heavy atom. The number of amides is 2. The van der Waals surface area contributed by atoms with E-state index in [0.29, 0.717) is 18.0 Å². The van der Waals surface area contributed by atoms with Crippen LogP contribution in [0.15, 0.2) is 17.5 Å². The minimum absolute atomic E-state index is 0.135. The zero-order valence-electron chi connectivity index (χ0n) is 14.2. The molecule has 124 valence electrons. The third-order valence-corrected chi connectivity index (χ3v) is 5.16. The third-order valence-electron chi connectivity index (χ3n) is 4.18. The molecular weight excluding hydrogens is 294 g/mol. The minimum Gasteiger partial charge on any atom is -0.331 e. The molecule has 1 fully saturated rings. The molecule has 2 amide bonds. The predicted octanol–water partition coefficient (Wildman–Crippen LogP) is 3.57. The van der Waals surface area contributed by atoms with Gasteiger partial charge in [-0.3, -0.25) is 0 Å². The Labute approximate surface area is 138 Å². The zero-order chi connectivity index (χ0) is 16.1. The number of nitrogens with zero attached hydrogens (tertiary/aromatic N) is 2. The molecule has 1 aliphatic rings. The van der Waals surface area contributed by atoms with Crippen LogP contribution in [0.3, 0.4) is 0 Å². The SMILES string of the molecule is CC(C)C[C@H](NC1CCN(C(=O)N(C)C)CC1)c1cccs1. The number of nitrogens with one attached hydrogen (secondary N) is 1. The zero-order valence-corrected chi connectivity index (χ0v) is 15.0. The van der Waals surface area contributed by atoms with Gasteiger partial charge in [0.05, 0.1) is 0 Å². The molecule has 1 saturated heterocycles. The van der Waals surface area contributed by atoms with Crippen LogP contribution in [0.4, 0.5) is 4.79 Å². The second-order valence-electron chi connectivity index (χ2n) is 6.80. The van der Waals surface area contributed by atoms with Crippen LogP contribution in [0, 0.1) is 5.92 Å². The Bertz CT molecular complexity index is 450. The van der Waals surface area contributed by atoms with Crippen molar-refractivity contribution in [3.63, 3.8) is 0 Å². The van der Waals surface area contributed by atoms with Gasteiger partial charge in [-0.2, -0.15) is 0 Å². The van der Waals surface area contributed by atoms with Gasteiger partial charge in [-0.05, 0) is 36.6 Å². The van der Waals surface area contributed by atoms with Gasteiger partial charge >= 0.3 is 6.03 Å². The van der Waals surface area contributed by atoms with Gasteiger partial charge in [0, 0.05) is 44.1 Å². The molecule has 1 aromatic heterocycles. The molecule has 5 heteroatoms. The van der Waals surface area contributed by atoms with Crippen LogP contribution in [0.2, 0.25) is 0 Å². The summed E-state index contributed by atoms with van der Waals surface area (Å²) in [6.45, 7) is 6.27. The van der Waals surface area contributed by atoms with Crippen LogP contribution in [0.1, 0.15) is 44.0 Å². The Balaban J connectivity index is 1.89. The summed E-state index contributed by atoms with van der Waals surface area (Å²) >= 11 is 1.84. The van der Waals surface area contributed by atoms with Crippen molar-refractivity contribution < 1.29 is 4.79 Å². The van der Waals surface area contributed by atoms with Gasteiger partial charge in [0.1, 0.15) is 0 Å². The Hall–Kier alpha value is -1.07. The highest BCUT2D eigenvalue weighted by Crippen LogP contribution is 2.27. The number of likely N-dealkylation sites (tertiary alicyclic amines) is 1. The Morgan fingerprint density at radius 1 is 1.41 bits per heavy atom. The average Bonchev–Trinajstić information content (AvgIpc) is 3.00. The Kier molecular flexibility index (Phi) is 6.26. The summed E-state index contributed by atoms with van der Waals surface area (Å²) < 4.78 is 0. The first-order valence-electron chi connectivity index (χ1n) is 8.23. The van der Waals surface area contributed by atoms with Crippen molar-refractivity contribution in [3.05, 3.63) is 22.4 Å². The van der Waals surface area contributed by atoms with Crippen molar-refractivity contribution in [2.75, 3.05) is 27.2 Å². The number of rotatable bonds is 5. The fraction of sp³-hybridized carbons (Fsp3) is 0.706. The molecule has 22 heavy (non-hydrogen) atoms. The number of piperidine rings is 1. The summed E-state index contributed by atoms with van der Waals surface area (Å²) in [4.78, 5) is 17.0. The lowest BCUT2D eigenvalue weighted by Gasteiger charge is -2.36. The number of carbonyl (C=O) groups excluding carboxylic acids is 1. The second-order valence-corrected chi connectivity index (χ2v) is 7.78. The van der Waals surface area contributed by atoms with Gasteiger partial charge in [0.15, 0.2) is 0 Å². The maximum Gasteiger partial charge on any atom is 0.319 e. The molecule has 0 bridgehead atoms. The lowest BCUT2D eigenvalue weighted by Crippen LogP contribution is -2.48. The molecule has 0 saturated carbocycles. The highest BCUT2D eigenvalue weighted by atomic mass is 32.1. The van der Waals surface area contributed by atoms with E-state index in [1.807, 2.05) is 30.3 Å².